The topological polar surface area (TPSA) is 49.4 Å². The summed E-state index contributed by atoms with van der Waals surface area (Å²) in [5.74, 6) is -0.196. The molecule has 1 unspecified atom stereocenters. The molecule has 4 nitrogen and oxygen atoms in total. The molecule has 28 heavy (non-hydrogen) atoms. The van der Waals surface area contributed by atoms with Crippen LogP contribution in [0.1, 0.15) is 49.9 Å². The maximum Gasteiger partial charge on any atom is 0.242 e. The molecule has 0 aliphatic carbocycles. The van der Waals surface area contributed by atoms with Crippen LogP contribution in [0.5, 0.6) is 0 Å². The van der Waals surface area contributed by atoms with Crippen molar-refractivity contribution in [2.24, 2.45) is 0 Å². The first-order chi connectivity index (χ1) is 13.0. The monoisotopic (exact) mass is 380 g/mol. The zero-order chi connectivity index (χ0) is 20.9. The van der Waals surface area contributed by atoms with Gasteiger partial charge in [0.05, 0.1) is 6.42 Å². The first-order valence-corrected chi connectivity index (χ1v) is 9.78. The van der Waals surface area contributed by atoms with Gasteiger partial charge in [0.1, 0.15) is 6.04 Å². The van der Waals surface area contributed by atoms with Gasteiger partial charge in [-0.05, 0) is 52.7 Å². The van der Waals surface area contributed by atoms with Crippen molar-refractivity contribution in [1.29, 1.82) is 0 Å². The lowest BCUT2D eigenvalue weighted by atomic mass is 10.1. The predicted octanol–water partition coefficient (Wildman–Crippen LogP) is 4.18. The lowest BCUT2D eigenvalue weighted by molar-refractivity contribution is -0.140. The molecule has 0 aliphatic rings. The highest BCUT2D eigenvalue weighted by Gasteiger charge is 2.28. The normalized spacial score (nSPS) is 12.4. The molecule has 0 spiro atoms. The van der Waals surface area contributed by atoms with Crippen LogP contribution in [0.25, 0.3) is 0 Å². The number of benzene rings is 2. The molecule has 4 heteroatoms. The maximum absolute atomic E-state index is 13.1. The molecule has 0 radical (unpaired) electrons. The van der Waals surface area contributed by atoms with E-state index in [2.05, 4.69) is 5.32 Å². The summed E-state index contributed by atoms with van der Waals surface area (Å²) in [6.45, 7) is 12.1. The summed E-state index contributed by atoms with van der Waals surface area (Å²) in [6, 6.07) is 15.5. The van der Waals surface area contributed by atoms with Crippen molar-refractivity contribution in [2.75, 3.05) is 0 Å². The van der Waals surface area contributed by atoms with Crippen LogP contribution in [0.2, 0.25) is 0 Å². The van der Waals surface area contributed by atoms with Gasteiger partial charge >= 0.3 is 0 Å². The summed E-state index contributed by atoms with van der Waals surface area (Å²) < 4.78 is 0. The molecule has 0 aliphatic heterocycles. The summed E-state index contributed by atoms with van der Waals surface area (Å²) in [5, 5.41) is 2.99. The van der Waals surface area contributed by atoms with E-state index in [0.29, 0.717) is 6.54 Å². The molecule has 2 rings (SSSR count). The zero-order valence-corrected chi connectivity index (χ0v) is 17.9. The fourth-order valence-corrected chi connectivity index (χ4v) is 2.93. The van der Waals surface area contributed by atoms with Gasteiger partial charge in [0, 0.05) is 12.1 Å². The van der Waals surface area contributed by atoms with Crippen molar-refractivity contribution in [3.8, 4) is 0 Å². The molecule has 0 saturated carbocycles. The molecule has 0 bridgehead atoms. The number of rotatable bonds is 6. The van der Waals surface area contributed by atoms with E-state index in [1.807, 2.05) is 83.1 Å². The molecule has 1 N–H and O–H groups in total. The molecule has 1 atom stereocenters. The van der Waals surface area contributed by atoms with Crippen LogP contribution in [-0.4, -0.2) is 28.3 Å². The Bertz CT molecular complexity index is 802. The first-order valence-electron chi connectivity index (χ1n) is 9.78. The van der Waals surface area contributed by atoms with Crippen LogP contribution in [0.15, 0.2) is 48.5 Å². The van der Waals surface area contributed by atoms with E-state index in [1.54, 1.807) is 11.8 Å². The van der Waals surface area contributed by atoms with Gasteiger partial charge in [-0.25, -0.2) is 0 Å². The lowest BCUT2D eigenvalue weighted by Gasteiger charge is -2.31. The summed E-state index contributed by atoms with van der Waals surface area (Å²) in [5.41, 5.74) is 3.94. The van der Waals surface area contributed by atoms with E-state index >= 15 is 0 Å². The van der Waals surface area contributed by atoms with Crippen LogP contribution in [0.3, 0.4) is 0 Å². The van der Waals surface area contributed by atoms with Gasteiger partial charge in [-0.2, -0.15) is 0 Å². The molecule has 0 fully saturated rings. The van der Waals surface area contributed by atoms with E-state index in [9.17, 15) is 9.59 Å². The van der Waals surface area contributed by atoms with Crippen molar-refractivity contribution in [3.63, 3.8) is 0 Å². The Balaban J connectivity index is 2.23. The van der Waals surface area contributed by atoms with Crippen molar-refractivity contribution in [3.05, 3.63) is 70.8 Å². The minimum atomic E-state index is -0.557. The molecule has 2 aromatic rings. The van der Waals surface area contributed by atoms with Gasteiger partial charge in [-0.15, -0.1) is 0 Å². The summed E-state index contributed by atoms with van der Waals surface area (Å²) in [7, 11) is 0. The third kappa shape index (κ3) is 6.52. The molecular formula is C24H32N2O2. The molecule has 0 heterocycles. The van der Waals surface area contributed by atoms with E-state index in [0.717, 1.165) is 16.7 Å². The van der Waals surface area contributed by atoms with Crippen LogP contribution < -0.4 is 5.32 Å². The Morgan fingerprint density at radius 3 is 1.82 bits per heavy atom. The van der Waals surface area contributed by atoms with Crippen LogP contribution in [0.4, 0.5) is 0 Å². The first kappa shape index (κ1) is 21.7. The quantitative estimate of drug-likeness (QED) is 0.817. The van der Waals surface area contributed by atoms with Crippen LogP contribution in [-0.2, 0) is 22.6 Å². The van der Waals surface area contributed by atoms with Crippen molar-refractivity contribution in [1.82, 2.24) is 10.2 Å². The Morgan fingerprint density at radius 2 is 1.36 bits per heavy atom. The summed E-state index contributed by atoms with van der Waals surface area (Å²) in [6.07, 6.45) is 0.277. The Kier molecular flexibility index (Phi) is 7.00. The molecule has 2 aromatic carbocycles. The smallest absolute Gasteiger partial charge is 0.242 e. The van der Waals surface area contributed by atoms with Gasteiger partial charge in [-0.3, -0.25) is 9.59 Å². The number of carbonyl (C=O) groups excluding carboxylic acids is 2. The minimum Gasteiger partial charge on any atom is -0.350 e. The Morgan fingerprint density at radius 1 is 0.893 bits per heavy atom. The number of carbonyl (C=O) groups is 2. The number of amides is 2. The number of hydrogen-bond acceptors (Lipinski definition) is 2. The van der Waals surface area contributed by atoms with E-state index in [4.69, 9.17) is 0 Å². The Hall–Kier alpha value is -2.62. The van der Waals surface area contributed by atoms with E-state index < -0.39 is 6.04 Å². The Labute approximate surface area is 169 Å². The van der Waals surface area contributed by atoms with Gasteiger partial charge in [-0.1, -0.05) is 59.7 Å². The second-order valence-electron chi connectivity index (χ2n) is 8.58. The lowest BCUT2D eigenvalue weighted by Crippen LogP contribution is -2.52. The average Bonchev–Trinajstić information content (AvgIpc) is 2.61. The summed E-state index contributed by atoms with van der Waals surface area (Å²) >= 11 is 0. The SMILES string of the molecule is Cc1ccc(CC(=O)N(Cc2ccc(C)cc2)C(C)C(=O)NC(C)(C)C)cc1. The van der Waals surface area contributed by atoms with Crippen LogP contribution >= 0.6 is 0 Å². The van der Waals surface area contributed by atoms with Crippen molar-refractivity contribution >= 4 is 11.8 Å². The molecule has 0 aromatic heterocycles. The molecule has 2 amide bonds. The summed E-state index contributed by atoms with van der Waals surface area (Å²) in [4.78, 5) is 27.5. The second-order valence-corrected chi connectivity index (χ2v) is 8.58. The van der Waals surface area contributed by atoms with E-state index in [-0.39, 0.29) is 23.8 Å². The van der Waals surface area contributed by atoms with Crippen LogP contribution in [0, 0.1) is 13.8 Å². The third-order valence-corrected chi connectivity index (χ3v) is 4.61. The number of nitrogens with one attached hydrogen (secondary N) is 1. The standard InChI is InChI=1S/C24H32N2O2/c1-17-7-11-20(12-8-17)15-22(27)26(16-21-13-9-18(2)10-14-21)19(3)23(28)25-24(4,5)6/h7-14,19H,15-16H2,1-6H3,(H,25,28). The van der Waals surface area contributed by atoms with Gasteiger partial charge in [0.25, 0.3) is 0 Å². The fourth-order valence-electron chi connectivity index (χ4n) is 2.93. The fraction of sp³-hybridized carbons (Fsp3) is 0.417. The second kappa shape index (κ2) is 9.05. The number of nitrogens with zero attached hydrogens (tertiary/aromatic N) is 1. The highest BCUT2D eigenvalue weighted by atomic mass is 16.2. The number of aryl methyl sites for hydroxylation is 2. The highest BCUT2D eigenvalue weighted by Crippen LogP contribution is 2.14. The third-order valence-electron chi connectivity index (χ3n) is 4.61. The number of hydrogen-bond donors (Lipinski definition) is 1. The van der Waals surface area contributed by atoms with E-state index in [1.165, 1.54) is 5.56 Å². The van der Waals surface area contributed by atoms with Gasteiger partial charge in [0.15, 0.2) is 0 Å². The molecule has 0 saturated heterocycles. The van der Waals surface area contributed by atoms with Crippen molar-refractivity contribution < 1.29 is 9.59 Å². The minimum absolute atomic E-state index is 0.0546. The zero-order valence-electron chi connectivity index (χ0n) is 17.9. The molecular weight excluding hydrogens is 348 g/mol. The van der Waals surface area contributed by atoms with Crippen molar-refractivity contribution in [2.45, 2.75) is 66.1 Å². The average molecular weight is 381 g/mol. The largest absolute Gasteiger partial charge is 0.350 e. The highest BCUT2D eigenvalue weighted by molar-refractivity contribution is 5.88. The molecule has 150 valence electrons. The predicted molar refractivity (Wildman–Crippen MR) is 114 cm³/mol. The maximum atomic E-state index is 13.1. The van der Waals surface area contributed by atoms with Gasteiger partial charge in [0.2, 0.25) is 11.8 Å². The van der Waals surface area contributed by atoms with Gasteiger partial charge < -0.3 is 10.2 Å².